The van der Waals surface area contributed by atoms with Gasteiger partial charge in [-0.3, -0.25) is 5.41 Å². The number of carboxylic acids is 1. The maximum absolute atomic E-state index is 12.7. The molecule has 0 aromatic heterocycles. The summed E-state index contributed by atoms with van der Waals surface area (Å²) in [6.45, 7) is 14.2. The maximum Gasteiger partial charge on any atom is 0.420 e. The molecule has 0 aromatic carbocycles. The van der Waals surface area contributed by atoms with E-state index in [1.54, 1.807) is 62.3 Å². The standard InChI is InChI=1S/C21H38N4O8/c1-19(2,3)31-16(28)24(15(22)23)12-10-11-13(14(26)27)25(17(29)32-20(4,5)6)18(30)33-21(7,8)9/h13H,10-12H2,1-9H3,(H3,22,23)(H,26,27)/t13-/m0/s1. The fourth-order valence-electron chi connectivity index (χ4n) is 2.38. The van der Waals surface area contributed by atoms with Gasteiger partial charge in [-0.2, -0.15) is 4.90 Å². The molecule has 0 aromatic rings. The summed E-state index contributed by atoms with van der Waals surface area (Å²) in [5.41, 5.74) is 2.63. The topological polar surface area (TPSA) is 173 Å². The van der Waals surface area contributed by atoms with E-state index in [1.807, 2.05) is 0 Å². The van der Waals surface area contributed by atoms with E-state index in [0.717, 1.165) is 4.90 Å². The first-order valence-corrected chi connectivity index (χ1v) is 10.5. The number of rotatable bonds is 6. The number of amides is 3. The Morgan fingerprint density at radius 3 is 1.48 bits per heavy atom. The molecule has 0 aliphatic heterocycles. The molecule has 0 rings (SSSR count). The minimum absolute atomic E-state index is 0.0299. The first kappa shape index (κ1) is 29.9. The summed E-state index contributed by atoms with van der Waals surface area (Å²) in [6.07, 6.45) is -3.53. The van der Waals surface area contributed by atoms with E-state index in [-0.39, 0.29) is 19.4 Å². The van der Waals surface area contributed by atoms with Gasteiger partial charge in [0.1, 0.15) is 22.8 Å². The van der Waals surface area contributed by atoms with Crippen LogP contribution in [0.25, 0.3) is 0 Å². The second-order valence-corrected chi connectivity index (χ2v) is 10.3. The minimum Gasteiger partial charge on any atom is -0.480 e. The number of nitrogens with one attached hydrogen (secondary N) is 1. The number of guanidine groups is 1. The molecular formula is C21H38N4O8. The molecule has 0 saturated heterocycles. The van der Waals surface area contributed by atoms with Gasteiger partial charge in [0.25, 0.3) is 0 Å². The fraction of sp³-hybridized carbons (Fsp3) is 0.762. The van der Waals surface area contributed by atoms with Crippen LogP contribution in [-0.4, -0.2) is 74.5 Å². The van der Waals surface area contributed by atoms with Crippen LogP contribution in [0.15, 0.2) is 0 Å². The molecule has 0 fully saturated rings. The SMILES string of the molecule is CC(C)(C)OC(=O)N(CCC[C@@H](C(=O)O)N(C(=O)OC(C)(C)C)C(=O)OC(C)(C)C)C(=N)N. The lowest BCUT2D eigenvalue weighted by Gasteiger charge is -2.32. The van der Waals surface area contributed by atoms with Crippen molar-refractivity contribution >= 4 is 30.2 Å². The smallest absolute Gasteiger partial charge is 0.420 e. The largest absolute Gasteiger partial charge is 0.480 e. The number of nitrogens with zero attached hydrogens (tertiary/aromatic N) is 2. The van der Waals surface area contributed by atoms with Crippen molar-refractivity contribution in [2.24, 2.45) is 5.73 Å². The van der Waals surface area contributed by atoms with Crippen molar-refractivity contribution in [1.82, 2.24) is 9.80 Å². The molecule has 0 heterocycles. The van der Waals surface area contributed by atoms with Crippen LogP contribution in [0.4, 0.5) is 14.4 Å². The van der Waals surface area contributed by atoms with Gasteiger partial charge in [0.15, 0.2) is 5.96 Å². The third-order valence-corrected chi connectivity index (χ3v) is 3.54. The molecule has 0 spiro atoms. The highest BCUT2D eigenvalue weighted by atomic mass is 16.6. The lowest BCUT2D eigenvalue weighted by atomic mass is 10.1. The fourth-order valence-corrected chi connectivity index (χ4v) is 2.38. The van der Waals surface area contributed by atoms with Crippen LogP contribution in [0.3, 0.4) is 0 Å². The van der Waals surface area contributed by atoms with Crippen molar-refractivity contribution in [2.45, 2.75) is 98.0 Å². The number of carbonyl (C=O) groups excluding carboxylic acids is 3. The number of aliphatic carboxylic acids is 1. The Balaban J connectivity index is 5.71. The van der Waals surface area contributed by atoms with Crippen LogP contribution in [0.1, 0.15) is 75.2 Å². The average Bonchev–Trinajstić information content (AvgIpc) is 2.51. The zero-order chi connectivity index (χ0) is 26.4. The number of nitrogens with two attached hydrogens (primary N) is 1. The van der Waals surface area contributed by atoms with E-state index in [0.29, 0.717) is 4.90 Å². The van der Waals surface area contributed by atoms with Gasteiger partial charge in [-0.25, -0.2) is 24.1 Å². The molecule has 4 N–H and O–H groups in total. The number of hydrogen-bond acceptors (Lipinski definition) is 8. The number of carboxylic acid groups (broad SMARTS) is 1. The Hall–Kier alpha value is -3.05. The van der Waals surface area contributed by atoms with Crippen molar-refractivity contribution in [3.63, 3.8) is 0 Å². The lowest BCUT2D eigenvalue weighted by molar-refractivity contribution is -0.143. The Labute approximate surface area is 194 Å². The third kappa shape index (κ3) is 11.9. The summed E-state index contributed by atoms with van der Waals surface area (Å²) < 4.78 is 15.6. The zero-order valence-corrected chi connectivity index (χ0v) is 21.0. The summed E-state index contributed by atoms with van der Waals surface area (Å²) >= 11 is 0. The average molecular weight is 475 g/mol. The minimum atomic E-state index is -1.65. The molecule has 0 saturated carbocycles. The van der Waals surface area contributed by atoms with Crippen LogP contribution < -0.4 is 5.73 Å². The summed E-state index contributed by atoms with van der Waals surface area (Å²) in [5.74, 6) is -2.06. The van der Waals surface area contributed by atoms with Crippen LogP contribution >= 0.6 is 0 Å². The summed E-state index contributed by atoms with van der Waals surface area (Å²) in [6, 6.07) is -1.65. The van der Waals surface area contributed by atoms with E-state index in [2.05, 4.69) is 0 Å². The Bertz CT molecular complexity index is 719. The van der Waals surface area contributed by atoms with Gasteiger partial charge < -0.3 is 25.1 Å². The molecule has 0 unspecified atom stereocenters. The van der Waals surface area contributed by atoms with Crippen molar-refractivity contribution in [1.29, 1.82) is 5.41 Å². The first-order chi connectivity index (χ1) is 14.6. The summed E-state index contributed by atoms with van der Waals surface area (Å²) in [5, 5.41) is 17.4. The highest BCUT2D eigenvalue weighted by Crippen LogP contribution is 2.20. The van der Waals surface area contributed by atoms with Crippen LogP contribution in [-0.2, 0) is 19.0 Å². The molecule has 33 heavy (non-hydrogen) atoms. The molecular weight excluding hydrogens is 436 g/mol. The summed E-state index contributed by atoms with van der Waals surface area (Å²) in [4.78, 5) is 50.9. The first-order valence-electron chi connectivity index (χ1n) is 10.5. The van der Waals surface area contributed by atoms with Crippen LogP contribution in [0, 0.1) is 5.41 Å². The van der Waals surface area contributed by atoms with E-state index >= 15 is 0 Å². The number of hydrogen-bond donors (Lipinski definition) is 3. The van der Waals surface area contributed by atoms with Crippen molar-refractivity contribution in [3.8, 4) is 0 Å². The monoisotopic (exact) mass is 474 g/mol. The normalized spacial score (nSPS) is 12.9. The number of carbonyl (C=O) groups is 4. The van der Waals surface area contributed by atoms with Crippen LogP contribution in [0.5, 0.6) is 0 Å². The Kier molecular flexibility index (Phi) is 10.2. The predicted molar refractivity (Wildman–Crippen MR) is 120 cm³/mol. The lowest BCUT2D eigenvalue weighted by Crippen LogP contribution is -2.52. The second kappa shape index (κ2) is 11.2. The Morgan fingerprint density at radius 2 is 1.18 bits per heavy atom. The van der Waals surface area contributed by atoms with Crippen molar-refractivity contribution in [3.05, 3.63) is 0 Å². The Morgan fingerprint density at radius 1 is 0.818 bits per heavy atom. The van der Waals surface area contributed by atoms with Crippen molar-refractivity contribution in [2.75, 3.05) is 6.54 Å². The van der Waals surface area contributed by atoms with Gasteiger partial charge in [0, 0.05) is 6.54 Å². The van der Waals surface area contributed by atoms with Gasteiger partial charge in [-0.1, -0.05) is 0 Å². The zero-order valence-electron chi connectivity index (χ0n) is 21.0. The highest BCUT2D eigenvalue weighted by Gasteiger charge is 2.40. The van der Waals surface area contributed by atoms with Crippen LogP contribution in [0.2, 0.25) is 0 Å². The van der Waals surface area contributed by atoms with Gasteiger partial charge in [-0.15, -0.1) is 0 Å². The highest BCUT2D eigenvalue weighted by molar-refractivity contribution is 5.94. The van der Waals surface area contributed by atoms with E-state index in [4.69, 9.17) is 25.4 Å². The number of imide groups is 1. The van der Waals surface area contributed by atoms with E-state index in [1.165, 1.54) is 0 Å². The van der Waals surface area contributed by atoms with Gasteiger partial charge >= 0.3 is 24.2 Å². The quantitative estimate of drug-likeness (QED) is 0.296. The maximum atomic E-state index is 12.7. The predicted octanol–water partition coefficient (Wildman–Crippen LogP) is 3.52. The van der Waals surface area contributed by atoms with Crippen molar-refractivity contribution < 1.29 is 38.5 Å². The van der Waals surface area contributed by atoms with Gasteiger partial charge in [0.2, 0.25) is 0 Å². The molecule has 0 radical (unpaired) electrons. The van der Waals surface area contributed by atoms with Gasteiger partial charge in [0.05, 0.1) is 0 Å². The molecule has 1 atom stereocenters. The molecule has 12 nitrogen and oxygen atoms in total. The molecule has 0 aliphatic rings. The molecule has 0 bridgehead atoms. The van der Waals surface area contributed by atoms with E-state index < -0.39 is 53.1 Å². The van der Waals surface area contributed by atoms with E-state index in [9.17, 15) is 24.3 Å². The molecule has 3 amide bonds. The number of ether oxygens (including phenoxy) is 3. The summed E-state index contributed by atoms with van der Waals surface area (Å²) in [7, 11) is 0. The third-order valence-electron chi connectivity index (χ3n) is 3.54. The molecule has 0 aliphatic carbocycles. The van der Waals surface area contributed by atoms with Gasteiger partial charge in [-0.05, 0) is 75.2 Å². The molecule has 190 valence electrons. The second-order valence-electron chi connectivity index (χ2n) is 10.3. The molecule has 12 heteroatoms.